The van der Waals surface area contributed by atoms with Crippen LogP contribution in [-0.4, -0.2) is 64.0 Å². The topological polar surface area (TPSA) is 116 Å². The van der Waals surface area contributed by atoms with Crippen LogP contribution in [0, 0.1) is 5.41 Å². The Hall–Kier alpha value is -3.40. The first-order chi connectivity index (χ1) is 18.0. The van der Waals surface area contributed by atoms with Crippen LogP contribution in [-0.2, 0) is 9.59 Å². The Morgan fingerprint density at radius 3 is 2.37 bits per heavy atom. The standard InChI is InChI=1S/C28H38ClN5O4/c1-28(2,18-31-26(36)21-16-19(29)12-13-23(21)38-6)17-24(35)33-25(22(30-3)14-15-34(4)5)27(37)32-20-10-8-7-9-11-20/h7-13,16,30H,14-15,17-18H2,1-6H3,(H,31,36)(H,32,37)(H,33,35)/p+1/b25-22+. The monoisotopic (exact) mass is 544 g/mol. The van der Waals surface area contributed by atoms with Crippen molar-refractivity contribution in [2.45, 2.75) is 26.7 Å². The number of hydrogen-bond donors (Lipinski definition) is 4. The fourth-order valence-electron chi connectivity index (χ4n) is 3.72. The highest BCUT2D eigenvalue weighted by molar-refractivity contribution is 6.31. The number of quaternary nitrogens is 1. The number of carbonyl (C=O) groups is 3. The van der Waals surface area contributed by atoms with Crippen molar-refractivity contribution in [3.63, 3.8) is 0 Å². The van der Waals surface area contributed by atoms with Crippen molar-refractivity contribution in [1.29, 1.82) is 0 Å². The third-order valence-corrected chi connectivity index (χ3v) is 6.03. The number of hydrogen-bond acceptors (Lipinski definition) is 6. The molecule has 2 rings (SSSR count). The molecule has 10 heteroatoms. The number of methoxy groups -OCH3 is 1. The zero-order valence-corrected chi connectivity index (χ0v) is 23.7. The van der Waals surface area contributed by atoms with Crippen molar-refractivity contribution in [2.75, 3.05) is 41.3 Å². The maximum Gasteiger partial charge on any atom is 0.365 e. The Morgan fingerprint density at radius 1 is 1.08 bits per heavy atom. The number of ether oxygens (including phenoxy) is 1. The van der Waals surface area contributed by atoms with Crippen LogP contribution >= 0.6 is 11.6 Å². The second-order valence-corrected chi connectivity index (χ2v) is 10.4. The second kappa shape index (κ2) is 14.5. The van der Waals surface area contributed by atoms with E-state index in [1.165, 1.54) is 18.5 Å². The normalized spacial score (nSPS) is 12.0. The zero-order chi connectivity index (χ0) is 28.3. The molecule has 0 radical (unpaired) electrons. The van der Waals surface area contributed by atoms with Gasteiger partial charge in [0.1, 0.15) is 11.4 Å². The molecule has 0 aromatic heterocycles. The van der Waals surface area contributed by atoms with Crippen LogP contribution < -0.4 is 26.0 Å². The summed E-state index contributed by atoms with van der Waals surface area (Å²) in [7, 11) is 7.10. The molecule has 2 aromatic carbocycles. The molecule has 0 aliphatic rings. The van der Waals surface area contributed by atoms with Crippen molar-refractivity contribution >= 4 is 35.0 Å². The minimum absolute atomic E-state index is 0.0761. The molecule has 38 heavy (non-hydrogen) atoms. The van der Waals surface area contributed by atoms with Crippen molar-refractivity contribution in [2.24, 2.45) is 5.41 Å². The Labute approximate surface area is 229 Å². The third-order valence-electron chi connectivity index (χ3n) is 5.79. The van der Waals surface area contributed by atoms with Crippen molar-refractivity contribution in [1.82, 2.24) is 20.9 Å². The van der Waals surface area contributed by atoms with Gasteiger partial charge in [-0.25, -0.2) is 10.1 Å². The summed E-state index contributed by atoms with van der Waals surface area (Å²) in [5.41, 5.74) is 1.31. The Balaban J connectivity index is 2.14. The summed E-state index contributed by atoms with van der Waals surface area (Å²) < 4.78 is 5.26. The summed E-state index contributed by atoms with van der Waals surface area (Å²) in [6.45, 7) is 4.65. The molecule has 0 saturated heterocycles. The molecule has 206 valence electrons. The molecular weight excluding hydrogens is 506 g/mol. The van der Waals surface area contributed by atoms with Gasteiger partial charge >= 0.3 is 5.91 Å². The number of para-hydroxylation sites is 1. The Kier molecular flexibility index (Phi) is 11.8. The molecule has 0 aliphatic carbocycles. The molecule has 2 aromatic rings. The molecule has 0 bridgehead atoms. The van der Waals surface area contributed by atoms with E-state index in [1.54, 1.807) is 19.2 Å². The molecular formula is C28H39ClN5O4+. The first kappa shape index (κ1) is 30.8. The molecule has 0 heterocycles. The molecule has 0 aliphatic heterocycles. The van der Waals surface area contributed by atoms with E-state index in [1.807, 2.05) is 63.2 Å². The quantitative estimate of drug-likeness (QED) is 0.227. The third kappa shape index (κ3) is 9.81. The lowest BCUT2D eigenvalue weighted by atomic mass is 9.88. The minimum Gasteiger partial charge on any atom is -0.496 e. The van der Waals surface area contributed by atoms with Crippen LogP contribution in [0.2, 0.25) is 5.02 Å². The maximum absolute atomic E-state index is 13.3. The lowest BCUT2D eigenvalue weighted by molar-refractivity contribution is -0.479. The number of primary amides is 1. The lowest BCUT2D eigenvalue weighted by Gasteiger charge is -2.25. The fraction of sp³-hybridized carbons (Fsp3) is 0.393. The van der Waals surface area contributed by atoms with E-state index in [9.17, 15) is 14.4 Å². The summed E-state index contributed by atoms with van der Waals surface area (Å²) in [4.78, 5) is 41.2. The molecule has 3 amide bonds. The van der Waals surface area contributed by atoms with Crippen molar-refractivity contribution < 1.29 is 24.4 Å². The fourth-order valence-corrected chi connectivity index (χ4v) is 3.89. The van der Waals surface area contributed by atoms with Crippen LogP contribution in [0.1, 0.15) is 37.0 Å². The smallest absolute Gasteiger partial charge is 0.365 e. The highest BCUT2D eigenvalue weighted by Gasteiger charge is 2.28. The molecule has 0 fully saturated rings. The maximum atomic E-state index is 13.3. The van der Waals surface area contributed by atoms with E-state index >= 15 is 0 Å². The van der Waals surface area contributed by atoms with Gasteiger partial charge in [0, 0.05) is 43.7 Å². The number of rotatable bonds is 13. The van der Waals surface area contributed by atoms with Gasteiger partial charge in [-0.3, -0.25) is 9.59 Å². The molecule has 0 saturated carbocycles. The van der Waals surface area contributed by atoms with E-state index in [2.05, 4.69) is 16.0 Å². The van der Waals surface area contributed by atoms with Crippen LogP contribution in [0.4, 0.5) is 5.69 Å². The van der Waals surface area contributed by atoms with Crippen LogP contribution in [0.25, 0.3) is 0 Å². The number of halogens is 1. The van der Waals surface area contributed by atoms with Gasteiger partial charge in [-0.15, -0.1) is 0 Å². The summed E-state index contributed by atoms with van der Waals surface area (Å²) in [6, 6.07) is 14.0. The van der Waals surface area contributed by atoms with Crippen LogP contribution in [0.3, 0.4) is 0 Å². The largest absolute Gasteiger partial charge is 0.496 e. The van der Waals surface area contributed by atoms with E-state index in [-0.39, 0.29) is 36.4 Å². The van der Waals surface area contributed by atoms with Gasteiger partial charge in [0.15, 0.2) is 5.70 Å². The van der Waals surface area contributed by atoms with Gasteiger partial charge in [0.05, 0.1) is 12.7 Å². The average Bonchev–Trinajstić information content (AvgIpc) is 2.87. The summed E-state index contributed by atoms with van der Waals surface area (Å²) in [5, 5.41) is 10.7. The number of nitrogens with one attached hydrogen (secondary N) is 3. The molecule has 9 nitrogen and oxygen atoms in total. The molecule has 0 spiro atoms. The van der Waals surface area contributed by atoms with Crippen LogP contribution in [0.15, 0.2) is 59.9 Å². The first-order valence-corrected chi connectivity index (χ1v) is 12.7. The highest BCUT2D eigenvalue weighted by atomic mass is 35.5. The number of nitrogens with zero attached hydrogens (tertiary/aromatic N) is 1. The lowest BCUT2D eigenvalue weighted by Crippen LogP contribution is -2.83. The summed E-state index contributed by atoms with van der Waals surface area (Å²) in [6.07, 6.45) is 0.626. The van der Waals surface area contributed by atoms with Crippen molar-refractivity contribution in [3.8, 4) is 5.75 Å². The predicted molar refractivity (Wildman–Crippen MR) is 149 cm³/mol. The van der Waals surface area contributed by atoms with Gasteiger partial charge in [0.25, 0.3) is 5.91 Å². The number of benzene rings is 2. The Bertz CT molecular complexity index is 1150. The second-order valence-electron chi connectivity index (χ2n) is 9.99. The highest BCUT2D eigenvalue weighted by Crippen LogP contribution is 2.24. The van der Waals surface area contributed by atoms with Gasteiger partial charge < -0.3 is 25.6 Å². The van der Waals surface area contributed by atoms with Gasteiger partial charge in [0.2, 0.25) is 5.91 Å². The van der Waals surface area contributed by atoms with Gasteiger partial charge in [-0.1, -0.05) is 43.6 Å². The molecule has 0 atom stereocenters. The number of carbonyl (C=O) groups excluding carboxylic acids is 3. The first-order valence-electron chi connectivity index (χ1n) is 12.4. The molecule has 5 N–H and O–H groups in total. The van der Waals surface area contributed by atoms with Crippen molar-refractivity contribution in [3.05, 3.63) is 70.5 Å². The van der Waals surface area contributed by atoms with E-state index in [4.69, 9.17) is 16.3 Å². The molecule has 0 unspecified atom stereocenters. The Morgan fingerprint density at radius 2 is 1.76 bits per heavy atom. The number of amides is 3. The average molecular weight is 545 g/mol. The van der Waals surface area contributed by atoms with E-state index in [0.29, 0.717) is 35.0 Å². The summed E-state index contributed by atoms with van der Waals surface area (Å²) >= 11 is 6.05. The van der Waals surface area contributed by atoms with Gasteiger partial charge in [-0.2, -0.15) is 0 Å². The predicted octanol–water partition coefficient (Wildman–Crippen LogP) is 2.42. The summed E-state index contributed by atoms with van der Waals surface area (Å²) in [5.74, 6) is -0.575. The SMILES string of the molecule is CN/C(CCN(C)C)=C(/NC(=O)CC(C)(C)CNC(=O)c1cc(Cl)ccc1OC)C(=O)[NH2+]c1ccccc1. The van der Waals surface area contributed by atoms with Gasteiger partial charge in [-0.05, 0) is 49.8 Å². The zero-order valence-electron chi connectivity index (χ0n) is 23.0. The van der Waals surface area contributed by atoms with Crippen LogP contribution in [0.5, 0.6) is 5.75 Å². The van der Waals surface area contributed by atoms with E-state index < -0.39 is 5.41 Å². The number of nitrogens with two attached hydrogens (primary N) is 1. The minimum atomic E-state index is -0.605. The van der Waals surface area contributed by atoms with E-state index in [0.717, 1.165) is 5.69 Å².